The number of carbonyl (C=O) groups excluding carboxylic acids is 1. The number of benzene rings is 3. The summed E-state index contributed by atoms with van der Waals surface area (Å²) in [5.41, 5.74) is 3.32. The molecule has 0 radical (unpaired) electrons. The van der Waals surface area contributed by atoms with E-state index >= 15 is 0 Å². The average molecular weight is 387 g/mol. The molecule has 0 unspecified atom stereocenters. The van der Waals surface area contributed by atoms with E-state index in [1.54, 1.807) is 12.1 Å². The maximum atomic E-state index is 12.6. The monoisotopic (exact) mass is 387 g/mol. The maximum Gasteiger partial charge on any atom is 0.255 e. The molecule has 0 aromatic heterocycles. The van der Waals surface area contributed by atoms with Gasteiger partial charge in [0, 0.05) is 12.0 Å². The lowest BCUT2D eigenvalue weighted by Crippen LogP contribution is -2.13. The van der Waals surface area contributed by atoms with Crippen LogP contribution in [0.4, 0.5) is 5.69 Å². The molecule has 3 aromatic carbocycles. The van der Waals surface area contributed by atoms with Crippen LogP contribution in [0.3, 0.4) is 0 Å². The third-order valence-electron chi connectivity index (χ3n) is 4.23. The fourth-order valence-corrected chi connectivity index (χ4v) is 2.73. The number of hydrogen-bond donors (Lipinski definition) is 1. The molecule has 3 rings (SSSR count). The van der Waals surface area contributed by atoms with Gasteiger partial charge < -0.3 is 14.8 Å². The molecule has 0 atom stereocenters. The Labute approximate surface area is 171 Å². The summed E-state index contributed by atoms with van der Waals surface area (Å²) < 4.78 is 11.5. The molecule has 3 aromatic rings. The van der Waals surface area contributed by atoms with Crippen LogP contribution in [0.5, 0.6) is 11.5 Å². The van der Waals surface area contributed by atoms with E-state index < -0.39 is 0 Å². The SMILES string of the molecule is C=C(C)COc1ccccc1NC(=O)c1ccc(OCCc2ccccc2)cc1. The van der Waals surface area contributed by atoms with Crippen LogP contribution < -0.4 is 14.8 Å². The molecule has 0 aliphatic rings. The zero-order valence-electron chi connectivity index (χ0n) is 16.6. The molecule has 0 saturated heterocycles. The Morgan fingerprint density at radius 3 is 2.31 bits per heavy atom. The van der Waals surface area contributed by atoms with E-state index in [1.807, 2.05) is 61.5 Å². The van der Waals surface area contributed by atoms with Gasteiger partial charge in [0.15, 0.2) is 0 Å². The van der Waals surface area contributed by atoms with Crippen LogP contribution in [-0.4, -0.2) is 19.1 Å². The fourth-order valence-electron chi connectivity index (χ4n) is 2.73. The quantitative estimate of drug-likeness (QED) is 0.492. The molecule has 0 bridgehead atoms. The first kappa shape index (κ1) is 20.2. The minimum absolute atomic E-state index is 0.202. The summed E-state index contributed by atoms with van der Waals surface area (Å²) in [6.07, 6.45) is 0.837. The number of carbonyl (C=O) groups is 1. The molecular formula is C25H25NO3. The predicted molar refractivity (Wildman–Crippen MR) is 117 cm³/mol. The van der Waals surface area contributed by atoms with Crippen LogP contribution in [0, 0.1) is 0 Å². The summed E-state index contributed by atoms with van der Waals surface area (Å²) in [7, 11) is 0. The van der Waals surface area contributed by atoms with E-state index in [0.717, 1.165) is 17.7 Å². The largest absolute Gasteiger partial charge is 0.493 e. The number of rotatable bonds is 9. The third-order valence-corrected chi connectivity index (χ3v) is 4.23. The van der Waals surface area contributed by atoms with Gasteiger partial charge in [0.2, 0.25) is 0 Å². The van der Waals surface area contributed by atoms with Crippen LogP contribution in [-0.2, 0) is 6.42 Å². The molecule has 4 nitrogen and oxygen atoms in total. The van der Waals surface area contributed by atoms with Gasteiger partial charge in [0.1, 0.15) is 18.1 Å². The topological polar surface area (TPSA) is 47.6 Å². The molecule has 0 fully saturated rings. The van der Waals surface area contributed by atoms with Crippen molar-refractivity contribution < 1.29 is 14.3 Å². The number of hydrogen-bond acceptors (Lipinski definition) is 3. The summed E-state index contributed by atoms with van der Waals surface area (Å²) in [5.74, 6) is 1.15. The smallest absolute Gasteiger partial charge is 0.255 e. The van der Waals surface area contributed by atoms with E-state index in [1.165, 1.54) is 5.56 Å². The second-order valence-corrected chi connectivity index (χ2v) is 6.80. The van der Waals surface area contributed by atoms with Crippen molar-refractivity contribution in [2.45, 2.75) is 13.3 Å². The van der Waals surface area contributed by atoms with Gasteiger partial charge in [-0.2, -0.15) is 0 Å². The second kappa shape index (κ2) is 10.1. The fraction of sp³-hybridized carbons (Fsp3) is 0.160. The van der Waals surface area contributed by atoms with Crippen LogP contribution in [0.15, 0.2) is 91.0 Å². The van der Waals surface area contributed by atoms with E-state index in [-0.39, 0.29) is 5.91 Å². The first-order chi connectivity index (χ1) is 14.1. The van der Waals surface area contributed by atoms with Gasteiger partial charge in [-0.25, -0.2) is 0 Å². The number of amides is 1. The van der Waals surface area contributed by atoms with Gasteiger partial charge in [-0.05, 0) is 54.5 Å². The van der Waals surface area contributed by atoms with E-state index in [4.69, 9.17) is 9.47 Å². The Morgan fingerprint density at radius 2 is 1.59 bits per heavy atom. The summed E-state index contributed by atoms with van der Waals surface area (Å²) in [6.45, 7) is 6.72. The molecule has 0 saturated carbocycles. The lowest BCUT2D eigenvalue weighted by Gasteiger charge is -2.13. The molecule has 29 heavy (non-hydrogen) atoms. The van der Waals surface area contributed by atoms with Gasteiger partial charge in [-0.3, -0.25) is 4.79 Å². The van der Waals surface area contributed by atoms with Gasteiger partial charge in [0.05, 0.1) is 12.3 Å². The Bertz CT molecular complexity index is 949. The first-order valence-electron chi connectivity index (χ1n) is 9.56. The summed E-state index contributed by atoms with van der Waals surface area (Å²) in [6, 6.07) is 24.7. The van der Waals surface area contributed by atoms with Crippen molar-refractivity contribution in [3.05, 3.63) is 102 Å². The Kier molecular flexibility index (Phi) is 7.06. The molecule has 1 N–H and O–H groups in total. The molecule has 4 heteroatoms. The van der Waals surface area contributed by atoms with Crippen LogP contribution in [0.25, 0.3) is 0 Å². The predicted octanol–water partition coefficient (Wildman–Crippen LogP) is 5.52. The highest BCUT2D eigenvalue weighted by atomic mass is 16.5. The summed E-state index contributed by atoms with van der Waals surface area (Å²) in [5, 5.41) is 2.90. The minimum Gasteiger partial charge on any atom is -0.493 e. The average Bonchev–Trinajstić information content (AvgIpc) is 2.74. The highest BCUT2D eigenvalue weighted by molar-refractivity contribution is 6.05. The zero-order valence-corrected chi connectivity index (χ0v) is 16.6. The van der Waals surface area contributed by atoms with Crippen molar-refractivity contribution in [1.29, 1.82) is 0 Å². The zero-order chi connectivity index (χ0) is 20.5. The highest BCUT2D eigenvalue weighted by Gasteiger charge is 2.10. The number of nitrogens with one attached hydrogen (secondary N) is 1. The van der Waals surface area contributed by atoms with Gasteiger partial charge in [-0.15, -0.1) is 0 Å². The summed E-state index contributed by atoms with van der Waals surface area (Å²) in [4.78, 5) is 12.6. The molecule has 0 heterocycles. The van der Waals surface area contributed by atoms with Crippen molar-refractivity contribution in [2.75, 3.05) is 18.5 Å². The lowest BCUT2D eigenvalue weighted by molar-refractivity contribution is 0.102. The van der Waals surface area contributed by atoms with Gasteiger partial charge in [-0.1, -0.05) is 49.0 Å². The van der Waals surface area contributed by atoms with Crippen molar-refractivity contribution in [3.8, 4) is 11.5 Å². The molecule has 0 spiro atoms. The number of ether oxygens (including phenoxy) is 2. The lowest BCUT2D eigenvalue weighted by atomic mass is 10.1. The normalized spacial score (nSPS) is 10.2. The molecule has 0 aliphatic carbocycles. The Balaban J connectivity index is 1.56. The van der Waals surface area contributed by atoms with E-state index in [0.29, 0.717) is 30.2 Å². The summed E-state index contributed by atoms with van der Waals surface area (Å²) >= 11 is 0. The maximum absolute atomic E-state index is 12.6. The van der Waals surface area contributed by atoms with Crippen molar-refractivity contribution >= 4 is 11.6 Å². The molecule has 0 aliphatic heterocycles. The molecule has 148 valence electrons. The van der Waals surface area contributed by atoms with Crippen LogP contribution in [0.2, 0.25) is 0 Å². The first-order valence-corrected chi connectivity index (χ1v) is 9.56. The van der Waals surface area contributed by atoms with Crippen molar-refractivity contribution in [2.24, 2.45) is 0 Å². The standard InChI is InChI=1S/C25H25NO3/c1-19(2)18-29-24-11-7-6-10-23(24)26-25(27)21-12-14-22(15-13-21)28-17-16-20-8-4-3-5-9-20/h3-15H,1,16-18H2,2H3,(H,26,27). The van der Waals surface area contributed by atoms with Crippen LogP contribution >= 0.6 is 0 Å². The third kappa shape index (κ3) is 6.25. The second-order valence-electron chi connectivity index (χ2n) is 6.80. The highest BCUT2D eigenvalue weighted by Crippen LogP contribution is 2.25. The van der Waals surface area contributed by atoms with E-state index in [2.05, 4.69) is 24.0 Å². The van der Waals surface area contributed by atoms with Gasteiger partial charge in [0.25, 0.3) is 5.91 Å². The van der Waals surface area contributed by atoms with Crippen molar-refractivity contribution in [3.63, 3.8) is 0 Å². The van der Waals surface area contributed by atoms with Gasteiger partial charge >= 0.3 is 0 Å². The Morgan fingerprint density at radius 1 is 0.897 bits per heavy atom. The molecular weight excluding hydrogens is 362 g/mol. The molecule has 1 amide bonds. The van der Waals surface area contributed by atoms with Crippen molar-refractivity contribution in [1.82, 2.24) is 0 Å². The number of para-hydroxylation sites is 2. The van der Waals surface area contributed by atoms with Crippen LogP contribution in [0.1, 0.15) is 22.8 Å². The number of anilines is 1. The Hall–Kier alpha value is -3.53. The van der Waals surface area contributed by atoms with E-state index in [9.17, 15) is 4.79 Å². The minimum atomic E-state index is -0.202.